The smallest absolute Gasteiger partial charge is 0.338 e. The van der Waals surface area contributed by atoms with Gasteiger partial charge in [-0.2, -0.15) is 0 Å². The predicted molar refractivity (Wildman–Crippen MR) is 368 cm³/mol. The third kappa shape index (κ3) is 17.3. The van der Waals surface area contributed by atoms with Crippen LogP contribution in [0.2, 0.25) is 0 Å². The van der Waals surface area contributed by atoms with E-state index in [0.29, 0.717) is 23.3 Å². The molecule has 12 unspecified atom stereocenters. The molecule has 6 aliphatic heterocycles. The molecule has 540 valence electrons. The Bertz CT molecular complexity index is 3090. The van der Waals surface area contributed by atoms with Crippen LogP contribution < -0.4 is 0 Å². The van der Waals surface area contributed by atoms with Crippen molar-refractivity contribution < 1.29 is 85.4 Å². The Balaban J connectivity index is 0.914. The maximum absolute atomic E-state index is 14.2. The Morgan fingerprint density at radius 2 is 0.582 bits per heavy atom. The van der Waals surface area contributed by atoms with Crippen LogP contribution in [0.15, 0.2) is 121 Å². The molecule has 0 radical (unpaired) electrons. The van der Waals surface area contributed by atoms with Crippen molar-refractivity contribution in [1.29, 1.82) is 0 Å². The largest absolute Gasteiger partial charge is 0.453 e. The van der Waals surface area contributed by atoms with Gasteiger partial charge in [-0.1, -0.05) is 189 Å². The number of carbonyl (C=O) groups is 3. The van der Waals surface area contributed by atoms with Gasteiger partial charge in [0, 0.05) is 23.7 Å². The Hall–Kier alpha value is -5.19. The molecule has 4 aromatic rings. The van der Waals surface area contributed by atoms with E-state index in [1.165, 1.54) is 0 Å². The molecule has 10 rings (SSSR count). The van der Waals surface area contributed by atoms with E-state index in [1.54, 1.807) is 48.5 Å². The van der Waals surface area contributed by atoms with Crippen molar-refractivity contribution in [2.75, 3.05) is 13.2 Å². The summed E-state index contributed by atoms with van der Waals surface area (Å²) in [4.78, 5) is 41.9. The first-order chi connectivity index (χ1) is 47.1. The normalized spacial score (nSPS) is 39.8. The van der Waals surface area contributed by atoms with E-state index in [9.17, 15) is 14.4 Å². The highest BCUT2D eigenvalue weighted by molar-refractivity contribution is 5.90. The van der Waals surface area contributed by atoms with E-state index in [-0.39, 0.29) is 96.8 Å². The Morgan fingerprint density at radius 3 is 0.969 bits per heavy atom. The van der Waals surface area contributed by atoms with Crippen LogP contribution in [-0.2, 0) is 77.7 Å². The molecule has 4 aromatic carbocycles. The Morgan fingerprint density at radius 1 is 0.296 bits per heavy atom. The summed E-state index contributed by atoms with van der Waals surface area (Å²) in [6.07, 6.45) is -9.00. The summed E-state index contributed by atoms with van der Waals surface area (Å²) >= 11 is 0. The highest BCUT2D eigenvalue weighted by Crippen LogP contribution is 2.45. The molecule has 0 spiro atoms. The zero-order valence-corrected chi connectivity index (χ0v) is 60.7. The maximum atomic E-state index is 14.2. The van der Waals surface area contributed by atoms with Crippen LogP contribution in [0, 0.1) is 65.1 Å². The third-order valence-corrected chi connectivity index (χ3v) is 23.2. The van der Waals surface area contributed by atoms with Crippen molar-refractivity contribution in [3.8, 4) is 0 Å². The van der Waals surface area contributed by atoms with E-state index in [1.807, 2.05) is 79.7 Å². The molecule has 98 heavy (non-hydrogen) atoms. The van der Waals surface area contributed by atoms with E-state index < -0.39 is 116 Å². The van der Waals surface area contributed by atoms with Gasteiger partial charge in [0.05, 0.1) is 85.3 Å². The Kier molecular flexibility index (Phi) is 26.7. The highest BCUT2D eigenvalue weighted by atomic mass is 16.8. The van der Waals surface area contributed by atoms with Gasteiger partial charge in [-0.05, 0) is 116 Å². The molecule has 0 saturated carbocycles. The number of ether oxygens (including phenoxy) is 15. The minimum Gasteiger partial charge on any atom is -0.453 e. The van der Waals surface area contributed by atoms with Crippen LogP contribution in [0.25, 0.3) is 0 Å². The average molecular weight is 1360 g/mol. The van der Waals surface area contributed by atoms with Gasteiger partial charge in [0.2, 0.25) is 0 Å². The molecule has 0 bridgehead atoms. The van der Waals surface area contributed by atoms with Gasteiger partial charge in [0.25, 0.3) is 0 Å². The van der Waals surface area contributed by atoms with E-state index in [2.05, 4.69) is 104 Å². The zero-order chi connectivity index (χ0) is 70.1. The summed E-state index contributed by atoms with van der Waals surface area (Å²) in [7, 11) is 0. The monoisotopic (exact) mass is 1360 g/mol. The number of rotatable bonds is 25. The molecule has 6 fully saturated rings. The Labute approximate surface area is 582 Å². The van der Waals surface area contributed by atoms with Crippen LogP contribution in [0.5, 0.6) is 0 Å². The summed E-state index contributed by atoms with van der Waals surface area (Å²) in [5, 5.41) is 0. The standard InChI is InChI=1S/C80H112O18/c1-17-60-44(5)49(10)68(97-78-69(50(11)45(6)61(18-2)89-78)94-74(82)58-37-29-23-30-38-58)77(88-60)85-42-64-48(9)53(14)67(93-73(81)57-35-27-22-28-36-57)76(92-64)86-43-65-54(15)66(72(55(16)87-65)84-41-56-33-25-21-26-34-56)96-80-71(52(13)47(8)63(20-4)91-80)98-79-70(51(12)46(7)62(19-3)90-79)95-75(83)59-39-31-24-32-40-59/h21-40,44-55,60-72,76-80H,17-20,41-43H2,1-16H3/t44-,45-,46-,47-,48-,49-,50-,51-,52-,53-,54+,55-,60?,61?,62?,63?,64?,65?,66-,67?,68?,69?,70?,71?,72?,76-,77-,78+,79+,80+/m0/s1. The van der Waals surface area contributed by atoms with Crippen molar-refractivity contribution >= 4 is 17.9 Å². The second kappa shape index (κ2) is 34.7. The van der Waals surface area contributed by atoms with Gasteiger partial charge >= 0.3 is 17.9 Å². The molecule has 6 aliphatic rings. The molecule has 18 heteroatoms. The van der Waals surface area contributed by atoms with Crippen molar-refractivity contribution in [2.45, 2.75) is 260 Å². The molecule has 6 saturated heterocycles. The van der Waals surface area contributed by atoms with Gasteiger partial charge < -0.3 is 71.1 Å². The third-order valence-electron chi connectivity index (χ3n) is 23.2. The van der Waals surface area contributed by atoms with Gasteiger partial charge in [0.1, 0.15) is 18.3 Å². The molecule has 0 aromatic heterocycles. The van der Waals surface area contributed by atoms with Crippen molar-refractivity contribution in [1.82, 2.24) is 0 Å². The first-order valence-electron chi connectivity index (χ1n) is 36.7. The molecule has 30 atom stereocenters. The fourth-order valence-electron chi connectivity index (χ4n) is 15.6. The number of hydrogen-bond acceptors (Lipinski definition) is 18. The van der Waals surface area contributed by atoms with Crippen LogP contribution >= 0.6 is 0 Å². The summed E-state index contributed by atoms with van der Waals surface area (Å²) in [5.74, 6) is -2.43. The minimum absolute atomic E-state index is 0.00720. The predicted octanol–water partition coefficient (Wildman–Crippen LogP) is 14.5. The number of carbonyl (C=O) groups excluding carboxylic acids is 3. The molecule has 0 N–H and O–H groups in total. The fourth-order valence-corrected chi connectivity index (χ4v) is 15.6. The van der Waals surface area contributed by atoms with E-state index >= 15 is 0 Å². The first-order valence-corrected chi connectivity index (χ1v) is 36.7. The summed E-state index contributed by atoms with van der Waals surface area (Å²) < 4.78 is 104. The molecule has 18 nitrogen and oxygen atoms in total. The van der Waals surface area contributed by atoms with Crippen LogP contribution in [-0.4, -0.2) is 148 Å². The highest BCUT2D eigenvalue weighted by Gasteiger charge is 2.55. The molecular weight excluding hydrogens is 1250 g/mol. The first kappa shape index (κ1) is 75.5. The van der Waals surface area contributed by atoms with Gasteiger partial charge in [-0.3, -0.25) is 0 Å². The minimum atomic E-state index is -1.09. The fraction of sp³-hybridized carbons (Fsp3) is 0.662. The number of esters is 3. The zero-order valence-electron chi connectivity index (χ0n) is 60.7. The molecular formula is C80H112O18. The summed E-state index contributed by atoms with van der Waals surface area (Å²) in [6, 6.07) is 37.0. The van der Waals surface area contributed by atoms with Crippen LogP contribution in [0.3, 0.4) is 0 Å². The summed E-state index contributed by atoms with van der Waals surface area (Å²) in [5.41, 5.74) is 2.27. The SMILES string of the molecule is CCC1O[C@H](OC2[C@@H](O[C@@H]3C(OCc4ccccc4)[C@H](C)OC(CO[C@H]4OC(CO[C@H]5OC(CC)[C@@H](C)[C@H](C)C5O[C@H]5OC(CC)[C@@H](C)[C@H](C)C5OC(=O)c5ccccc5)[C@@H](C)[C@H](C)C4OC(=O)c4ccccc4)[C@H]3C)OC(CC)[C@@H](C)[C@@H]2C)C(OC(=O)c2ccccc2)[C@@H](C)[C@@H]1C. The van der Waals surface area contributed by atoms with Crippen molar-refractivity contribution in [3.63, 3.8) is 0 Å². The van der Waals surface area contributed by atoms with E-state index in [0.717, 1.165) is 31.2 Å². The molecule has 6 heterocycles. The quantitative estimate of drug-likeness (QED) is 0.0449. The van der Waals surface area contributed by atoms with Gasteiger partial charge in [-0.15, -0.1) is 0 Å². The average Bonchev–Trinajstić information content (AvgIpc) is 0.784. The lowest BCUT2D eigenvalue weighted by molar-refractivity contribution is -0.365. The lowest BCUT2D eigenvalue weighted by Gasteiger charge is -2.51. The van der Waals surface area contributed by atoms with Gasteiger partial charge in [-0.25, -0.2) is 14.4 Å². The topological polar surface area (TPSA) is 190 Å². The number of benzene rings is 4. The van der Waals surface area contributed by atoms with E-state index in [4.69, 9.17) is 71.1 Å². The van der Waals surface area contributed by atoms with Crippen LogP contribution in [0.1, 0.15) is 173 Å². The van der Waals surface area contributed by atoms with Crippen LogP contribution in [0.4, 0.5) is 0 Å². The van der Waals surface area contributed by atoms with Crippen molar-refractivity contribution in [3.05, 3.63) is 144 Å². The molecule has 0 amide bonds. The van der Waals surface area contributed by atoms with Crippen molar-refractivity contribution in [2.24, 2.45) is 65.1 Å². The lowest BCUT2D eigenvalue weighted by Crippen LogP contribution is -2.61. The molecule has 0 aliphatic carbocycles. The number of hydrogen-bond donors (Lipinski definition) is 0. The maximum Gasteiger partial charge on any atom is 0.338 e. The lowest BCUT2D eigenvalue weighted by atomic mass is 9.81. The second-order valence-corrected chi connectivity index (χ2v) is 29.1. The van der Waals surface area contributed by atoms with Gasteiger partial charge in [0.15, 0.2) is 49.8 Å². The summed E-state index contributed by atoms with van der Waals surface area (Å²) in [6.45, 7) is 34.1. The second-order valence-electron chi connectivity index (χ2n) is 29.1.